The molecule has 0 N–H and O–H groups in total. The van der Waals surface area contributed by atoms with E-state index in [0.717, 1.165) is 32.5 Å². The minimum atomic E-state index is 0.306. The highest BCUT2D eigenvalue weighted by Crippen LogP contribution is 2.19. The van der Waals surface area contributed by atoms with Crippen molar-refractivity contribution in [2.24, 2.45) is 5.92 Å². The number of carbonyl (C=O) groups is 1. The van der Waals surface area contributed by atoms with Crippen LogP contribution in [0, 0.1) is 5.92 Å². The molecule has 3 nitrogen and oxygen atoms in total. The van der Waals surface area contributed by atoms with E-state index in [1.165, 1.54) is 0 Å². The Labute approximate surface area is 86.4 Å². The zero-order chi connectivity index (χ0) is 10.6. The number of nitrogens with zero attached hydrogens (tertiary/aromatic N) is 1. The first-order valence-corrected chi connectivity index (χ1v) is 5.38. The van der Waals surface area contributed by atoms with Crippen molar-refractivity contribution in [3.05, 3.63) is 0 Å². The maximum atomic E-state index is 11.2. The topological polar surface area (TPSA) is 29.5 Å². The maximum absolute atomic E-state index is 11.2. The number of ketones is 1. The Morgan fingerprint density at radius 1 is 1.50 bits per heavy atom. The molecule has 1 aliphatic heterocycles. The molecule has 0 bridgehead atoms. The van der Waals surface area contributed by atoms with Crippen molar-refractivity contribution in [2.75, 3.05) is 26.8 Å². The Morgan fingerprint density at radius 3 is 2.50 bits per heavy atom. The van der Waals surface area contributed by atoms with Crippen molar-refractivity contribution in [3.8, 4) is 0 Å². The molecule has 1 atom stereocenters. The van der Waals surface area contributed by atoms with E-state index in [1.807, 2.05) is 0 Å². The Balaban J connectivity index is 2.31. The molecule has 1 heterocycles. The van der Waals surface area contributed by atoms with Crippen molar-refractivity contribution < 1.29 is 9.53 Å². The third-order valence-corrected chi connectivity index (χ3v) is 3.14. The average molecular weight is 199 g/mol. The molecule has 3 heteroatoms. The highest BCUT2D eigenvalue weighted by molar-refractivity contribution is 5.78. The zero-order valence-corrected chi connectivity index (χ0v) is 9.45. The van der Waals surface area contributed by atoms with Gasteiger partial charge in [-0.15, -0.1) is 0 Å². The Hall–Kier alpha value is -0.410. The summed E-state index contributed by atoms with van der Waals surface area (Å²) in [6, 6.07) is 0.480. The lowest BCUT2D eigenvalue weighted by atomic mass is 9.93. The second kappa shape index (κ2) is 5.47. The van der Waals surface area contributed by atoms with E-state index in [9.17, 15) is 4.79 Å². The van der Waals surface area contributed by atoms with Crippen LogP contribution in [0.2, 0.25) is 0 Å². The van der Waals surface area contributed by atoms with Gasteiger partial charge in [0.25, 0.3) is 0 Å². The van der Waals surface area contributed by atoms with Gasteiger partial charge in [0.1, 0.15) is 5.78 Å². The number of hydrogen-bond acceptors (Lipinski definition) is 3. The summed E-state index contributed by atoms with van der Waals surface area (Å²) in [5, 5.41) is 0. The summed E-state index contributed by atoms with van der Waals surface area (Å²) in [7, 11) is 1.73. The van der Waals surface area contributed by atoms with E-state index in [-0.39, 0.29) is 0 Å². The van der Waals surface area contributed by atoms with Gasteiger partial charge in [-0.3, -0.25) is 9.69 Å². The molecule has 1 rings (SSSR count). The third kappa shape index (κ3) is 3.07. The molecule has 0 aromatic heterocycles. The van der Waals surface area contributed by atoms with Gasteiger partial charge in [-0.05, 0) is 39.8 Å². The second-order valence-electron chi connectivity index (χ2n) is 4.23. The lowest BCUT2D eigenvalue weighted by Crippen LogP contribution is -2.43. The first-order chi connectivity index (χ1) is 6.65. The molecule has 1 fully saturated rings. The van der Waals surface area contributed by atoms with Gasteiger partial charge < -0.3 is 4.74 Å². The van der Waals surface area contributed by atoms with E-state index < -0.39 is 0 Å². The standard InChI is InChI=1S/C11H21NO2/c1-9(8-14-3)12-6-4-11(5-7-12)10(2)13/h9,11H,4-8H2,1-3H3. The number of ether oxygens (including phenoxy) is 1. The smallest absolute Gasteiger partial charge is 0.133 e. The number of piperidine rings is 1. The van der Waals surface area contributed by atoms with E-state index in [1.54, 1.807) is 14.0 Å². The number of likely N-dealkylation sites (tertiary alicyclic amines) is 1. The van der Waals surface area contributed by atoms with Crippen LogP contribution in [0.1, 0.15) is 26.7 Å². The number of carbonyl (C=O) groups excluding carboxylic acids is 1. The first kappa shape index (κ1) is 11.7. The molecule has 0 radical (unpaired) electrons. The monoisotopic (exact) mass is 199 g/mol. The van der Waals surface area contributed by atoms with Crippen LogP contribution < -0.4 is 0 Å². The lowest BCUT2D eigenvalue weighted by Gasteiger charge is -2.34. The summed E-state index contributed by atoms with van der Waals surface area (Å²) in [6.07, 6.45) is 2.03. The fourth-order valence-electron chi connectivity index (χ4n) is 2.09. The summed E-state index contributed by atoms with van der Waals surface area (Å²) < 4.78 is 5.12. The van der Waals surface area contributed by atoms with Gasteiger partial charge in [-0.25, -0.2) is 0 Å². The molecule has 0 spiro atoms. The Bertz CT molecular complexity index is 186. The van der Waals surface area contributed by atoms with Gasteiger partial charge in [0.05, 0.1) is 6.61 Å². The molecular weight excluding hydrogens is 178 g/mol. The molecule has 1 aliphatic rings. The van der Waals surface area contributed by atoms with Gasteiger partial charge >= 0.3 is 0 Å². The molecule has 14 heavy (non-hydrogen) atoms. The number of hydrogen-bond donors (Lipinski definition) is 0. The van der Waals surface area contributed by atoms with E-state index >= 15 is 0 Å². The number of methoxy groups -OCH3 is 1. The molecular formula is C11H21NO2. The Morgan fingerprint density at radius 2 is 2.07 bits per heavy atom. The molecule has 1 unspecified atom stereocenters. The van der Waals surface area contributed by atoms with Gasteiger partial charge in [-0.2, -0.15) is 0 Å². The minimum absolute atomic E-state index is 0.306. The van der Waals surface area contributed by atoms with Crippen LogP contribution in [0.15, 0.2) is 0 Å². The summed E-state index contributed by atoms with van der Waals surface area (Å²) in [5.41, 5.74) is 0. The van der Waals surface area contributed by atoms with Gasteiger partial charge in [0, 0.05) is 19.1 Å². The molecule has 0 aliphatic carbocycles. The number of Topliss-reactive ketones (excluding diaryl/α,β-unsaturated/α-hetero) is 1. The molecule has 0 amide bonds. The van der Waals surface area contributed by atoms with E-state index in [2.05, 4.69) is 11.8 Å². The van der Waals surface area contributed by atoms with Crippen LogP contribution in [-0.4, -0.2) is 43.5 Å². The summed E-state index contributed by atoms with van der Waals surface area (Å²) in [6.45, 7) is 6.74. The van der Waals surface area contributed by atoms with Crippen molar-refractivity contribution in [3.63, 3.8) is 0 Å². The molecule has 82 valence electrons. The quantitative estimate of drug-likeness (QED) is 0.684. The van der Waals surface area contributed by atoms with Crippen LogP contribution in [0.3, 0.4) is 0 Å². The van der Waals surface area contributed by atoms with Crippen molar-refractivity contribution in [1.82, 2.24) is 4.90 Å². The summed E-state index contributed by atoms with van der Waals surface area (Å²) >= 11 is 0. The third-order valence-electron chi connectivity index (χ3n) is 3.14. The predicted molar refractivity (Wildman–Crippen MR) is 56.3 cm³/mol. The zero-order valence-electron chi connectivity index (χ0n) is 9.45. The average Bonchev–Trinajstić information content (AvgIpc) is 2.18. The fraction of sp³-hybridized carbons (Fsp3) is 0.909. The lowest BCUT2D eigenvalue weighted by molar-refractivity contribution is -0.122. The predicted octanol–water partition coefficient (Wildman–Crippen LogP) is 1.32. The van der Waals surface area contributed by atoms with Crippen LogP contribution in [0.25, 0.3) is 0 Å². The first-order valence-electron chi connectivity index (χ1n) is 5.38. The highest BCUT2D eigenvalue weighted by Gasteiger charge is 2.24. The molecule has 1 saturated heterocycles. The molecule has 0 aromatic rings. The highest BCUT2D eigenvalue weighted by atomic mass is 16.5. The summed E-state index contributed by atoms with van der Waals surface area (Å²) in [4.78, 5) is 13.6. The SMILES string of the molecule is COCC(C)N1CCC(C(C)=O)CC1. The van der Waals surface area contributed by atoms with E-state index in [0.29, 0.717) is 17.7 Å². The number of rotatable bonds is 4. The van der Waals surface area contributed by atoms with Gasteiger partial charge in [-0.1, -0.05) is 0 Å². The fourth-order valence-corrected chi connectivity index (χ4v) is 2.09. The van der Waals surface area contributed by atoms with Crippen molar-refractivity contribution in [2.45, 2.75) is 32.7 Å². The van der Waals surface area contributed by atoms with Crippen molar-refractivity contribution in [1.29, 1.82) is 0 Å². The van der Waals surface area contributed by atoms with Gasteiger partial charge in [0.15, 0.2) is 0 Å². The van der Waals surface area contributed by atoms with Gasteiger partial charge in [0.2, 0.25) is 0 Å². The van der Waals surface area contributed by atoms with Crippen LogP contribution in [0.5, 0.6) is 0 Å². The van der Waals surface area contributed by atoms with Crippen LogP contribution >= 0.6 is 0 Å². The molecule has 0 aromatic carbocycles. The Kier molecular flexibility index (Phi) is 4.55. The van der Waals surface area contributed by atoms with Crippen LogP contribution in [-0.2, 0) is 9.53 Å². The van der Waals surface area contributed by atoms with Crippen molar-refractivity contribution >= 4 is 5.78 Å². The maximum Gasteiger partial charge on any atom is 0.133 e. The molecule has 0 saturated carbocycles. The minimum Gasteiger partial charge on any atom is -0.383 e. The van der Waals surface area contributed by atoms with Crippen LogP contribution in [0.4, 0.5) is 0 Å². The summed E-state index contributed by atoms with van der Waals surface area (Å²) in [5.74, 6) is 0.657. The van der Waals surface area contributed by atoms with E-state index in [4.69, 9.17) is 4.74 Å². The largest absolute Gasteiger partial charge is 0.383 e. The second-order valence-corrected chi connectivity index (χ2v) is 4.23. The normalized spacial score (nSPS) is 22.2.